The molecule has 1 aromatic rings. The summed E-state index contributed by atoms with van der Waals surface area (Å²) in [5.41, 5.74) is 3.70. The third-order valence-electron chi connectivity index (χ3n) is 5.38. The number of hydrazine groups is 1. The number of amidine groups is 1. The molecule has 2 N–H and O–H groups in total. The Hall–Kier alpha value is -1.93. The highest BCUT2D eigenvalue weighted by Crippen LogP contribution is 2.32. The second kappa shape index (κ2) is 7.24. The van der Waals surface area contributed by atoms with Crippen LogP contribution in [-0.2, 0) is 4.79 Å². The number of carbonyl (C=O) groups is 1. The summed E-state index contributed by atoms with van der Waals surface area (Å²) in [6.07, 6.45) is -0.0858. The van der Waals surface area contributed by atoms with E-state index in [0.29, 0.717) is 18.7 Å². The molecule has 1 unspecified atom stereocenters. The standard InChI is InChI=1S/C19H31N5O3/c1-7-24-19(5,6)20-17(21-24)14-9-13(25)10-23(14)18(26)16(11(2)3)15-8-12(4)22-27-15/h8,11,13-14,16,25H,7,9-10H2,1-6H3,(H,20,21)/t13-,14+,16?/m1/s1. The lowest BCUT2D eigenvalue weighted by Crippen LogP contribution is -2.51. The van der Waals surface area contributed by atoms with E-state index in [9.17, 15) is 9.90 Å². The van der Waals surface area contributed by atoms with Gasteiger partial charge in [-0.25, -0.2) is 4.99 Å². The SMILES string of the molecule is CCN1NC([C@@H]2C[C@@H](O)CN2C(=O)C(c2cc(C)no2)C(C)C)=NC1(C)C. The van der Waals surface area contributed by atoms with Crippen molar-refractivity contribution in [2.24, 2.45) is 10.9 Å². The Kier molecular flexibility index (Phi) is 5.31. The van der Waals surface area contributed by atoms with Crippen LogP contribution >= 0.6 is 0 Å². The van der Waals surface area contributed by atoms with Crippen molar-refractivity contribution in [3.8, 4) is 0 Å². The lowest BCUT2D eigenvalue weighted by Gasteiger charge is -2.30. The first-order valence-corrected chi connectivity index (χ1v) is 9.69. The Morgan fingerprint density at radius 1 is 1.48 bits per heavy atom. The van der Waals surface area contributed by atoms with Crippen molar-refractivity contribution in [2.45, 2.75) is 71.7 Å². The maximum atomic E-state index is 13.5. The molecule has 3 heterocycles. The van der Waals surface area contributed by atoms with Gasteiger partial charge in [-0.2, -0.15) is 5.01 Å². The van der Waals surface area contributed by atoms with Gasteiger partial charge < -0.3 is 20.0 Å². The summed E-state index contributed by atoms with van der Waals surface area (Å²) in [5.74, 6) is 0.869. The third kappa shape index (κ3) is 3.73. The van der Waals surface area contributed by atoms with Gasteiger partial charge >= 0.3 is 0 Å². The molecule has 2 aliphatic rings. The molecule has 1 aromatic heterocycles. The van der Waals surface area contributed by atoms with Crippen molar-refractivity contribution < 1.29 is 14.4 Å². The number of carbonyl (C=O) groups excluding carboxylic acids is 1. The first-order valence-electron chi connectivity index (χ1n) is 9.69. The van der Waals surface area contributed by atoms with Crippen LogP contribution in [0.15, 0.2) is 15.6 Å². The number of hydrogen-bond donors (Lipinski definition) is 2. The molecule has 0 spiro atoms. The van der Waals surface area contributed by atoms with Crippen LogP contribution in [0.3, 0.4) is 0 Å². The first-order chi connectivity index (χ1) is 12.6. The number of rotatable bonds is 5. The molecule has 0 aromatic carbocycles. The molecule has 1 fully saturated rings. The lowest BCUT2D eigenvalue weighted by molar-refractivity contribution is -0.134. The minimum absolute atomic E-state index is 0.0466. The van der Waals surface area contributed by atoms with Gasteiger partial charge in [0.2, 0.25) is 5.91 Å². The lowest BCUT2D eigenvalue weighted by atomic mass is 9.91. The van der Waals surface area contributed by atoms with E-state index in [2.05, 4.69) is 17.5 Å². The van der Waals surface area contributed by atoms with Crippen LogP contribution in [0, 0.1) is 12.8 Å². The van der Waals surface area contributed by atoms with Gasteiger partial charge in [-0.1, -0.05) is 25.9 Å². The van der Waals surface area contributed by atoms with E-state index in [4.69, 9.17) is 9.52 Å². The van der Waals surface area contributed by atoms with Gasteiger partial charge in [-0.3, -0.25) is 4.79 Å². The molecule has 150 valence electrons. The quantitative estimate of drug-likeness (QED) is 0.810. The molecule has 1 saturated heterocycles. The maximum absolute atomic E-state index is 13.5. The summed E-state index contributed by atoms with van der Waals surface area (Å²) < 4.78 is 5.41. The van der Waals surface area contributed by atoms with Crippen molar-refractivity contribution in [1.29, 1.82) is 0 Å². The molecule has 3 atom stereocenters. The maximum Gasteiger partial charge on any atom is 0.234 e. The molecule has 1 amide bonds. The zero-order chi connectivity index (χ0) is 19.9. The second-order valence-corrected chi connectivity index (χ2v) is 8.34. The predicted molar refractivity (Wildman–Crippen MR) is 102 cm³/mol. The number of aromatic nitrogens is 1. The molecular weight excluding hydrogens is 346 g/mol. The summed E-state index contributed by atoms with van der Waals surface area (Å²) in [5, 5.41) is 16.3. The van der Waals surface area contributed by atoms with E-state index in [1.165, 1.54) is 0 Å². The number of aliphatic hydroxyl groups excluding tert-OH is 1. The molecule has 27 heavy (non-hydrogen) atoms. The average molecular weight is 377 g/mol. The largest absolute Gasteiger partial charge is 0.391 e. The van der Waals surface area contributed by atoms with Crippen LogP contribution < -0.4 is 5.43 Å². The van der Waals surface area contributed by atoms with Gasteiger partial charge in [0.05, 0.1) is 17.8 Å². The Balaban J connectivity index is 1.88. The van der Waals surface area contributed by atoms with Crippen molar-refractivity contribution in [1.82, 2.24) is 20.5 Å². The summed E-state index contributed by atoms with van der Waals surface area (Å²) >= 11 is 0. The van der Waals surface area contributed by atoms with Gasteiger partial charge in [-0.15, -0.1) is 0 Å². The minimum atomic E-state index is -0.563. The number of nitrogens with zero attached hydrogens (tertiary/aromatic N) is 4. The Labute approximate surface area is 160 Å². The second-order valence-electron chi connectivity index (χ2n) is 8.34. The molecule has 0 bridgehead atoms. The fourth-order valence-electron chi connectivity index (χ4n) is 4.03. The van der Waals surface area contributed by atoms with E-state index < -0.39 is 12.0 Å². The Morgan fingerprint density at radius 2 is 2.19 bits per heavy atom. The summed E-state index contributed by atoms with van der Waals surface area (Å²) in [4.78, 5) is 20.0. The Bertz CT molecular complexity index is 727. The third-order valence-corrected chi connectivity index (χ3v) is 5.38. The molecule has 0 radical (unpaired) electrons. The number of amides is 1. The molecule has 3 rings (SSSR count). The smallest absolute Gasteiger partial charge is 0.234 e. The van der Waals surface area contributed by atoms with Crippen molar-refractivity contribution in [3.05, 3.63) is 17.5 Å². The molecular formula is C19H31N5O3. The highest BCUT2D eigenvalue weighted by molar-refractivity contribution is 5.94. The number of nitrogens with one attached hydrogen (secondary N) is 1. The monoisotopic (exact) mass is 377 g/mol. The van der Waals surface area contributed by atoms with E-state index in [-0.39, 0.29) is 23.5 Å². The van der Waals surface area contributed by atoms with E-state index >= 15 is 0 Å². The van der Waals surface area contributed by atoms with E-state index in [1.54, 1.807) is 4.90 Å². The van der Waals surface area contributed by atoms with E-state index in [0.717, 1.165) is 18.1 Å². The topological polar surface area (TPSA) is 94.2 Å². The Morgan fingerprint density at radius 3 is 2.70 bits per heavy atom. The molecule has 8 heteroatoms. The van der Waals surface area contributed by atoms with Crippen LogP contribution in [0.5, 0.6) is 0 Å². The number of aliphatic hydroxyl groups is 1. The molecule has 0 aliphatic carbocycles. The predicted octanol–water partition coefficient (Wildman–Crippen LogP) is 1.66. The fourth-order valence-corrected chi connectivity index (χ4v) is 4.03. The van der Waals surface area contributed by atoms with Crippen LogP contribution in [0.1, 0.15) is 58.4 Å². The first kappa shape index (κ1) is 19.8. The number of hydrogen-bond acceptors (Lipinski definition) is 7. The zero-order valence-electron chi connectivity index (χ0n) is 17.1. The van der Waals surface area contributed by atoms with Gasteiger partial charge in [-0.05, 0) is 26.7 Å². The number of aryl methyl sites for hydroxylation is 1. The zero-order valence-corrected chi connectivity index (χ0v) is 17.1. The number of β-amino-alcohol motifs (C(OH)–C–C–N with tert-alkyl or cyclic N) is 1. The number of aliphatic imine (C=N–C) groups is 1. The summed E-state index contributed by atoms with van der Waals surface area (Å²) in [6, 6.07) is 1.55. The van der Waals surface area contributed by atoms with Gasteiger partial charge in [0.1, 0.15) is 23.2 Å². The van der Waals surface area contributed by atoms with Crippen LogP contribution in [0.25, 0.3) is 0 Å². The van der Waals surface area contributed by atoms with Crippen LogP contribution in [0.4, 0.5) is 0 Å². The van der Waals surface area contributed by atoms with Crippen molar-refractivity contribution in [2.75, 3.05) is 13.1 Å². The highest BCUT2D eigenvalue weighted by Gasteiger charge is 2.45. The van der Waals surface area contributed by atoms with Crippen molar-refractivity contribution in [3.63, 3.8) is 0 Å². The highest BCUT2D eigenvalue weighted by atomic mass is 16.5. The average Bonchev–Trinajstić information content (AvgIpc) is 3.24. The minimum Gasteiger partial charge on any atom is -0.391 e. The van der Waals surface area contributed by atoms with E-state index in [1.807, 2.05) is 45.7 Å². The number of likely N-dealkylation sites (tertiary alicyclic amines) is 1. The van der Waals surface area contributed by atoms with Crippen molar-refractivity contribution >= 4 is 11.7 Å². The van der Waals surface area contributed by atoms with Crippen LogP contribution in [0.2, 0.25) is 0 Å². The van der Waals surface area contributed by atoms with Gasteiger partial charge in [0.25, 0.3) is 0 Å². The molecule has 2 aliphatic heterocycles. The molecule has 8 nitrogen and oxygen atoms in total. The van der Waals surface area contributed by atoms with Gasteiger partial charge in [0, 0.05) is 25.6 Å². The molecule has 0 saturated carbocycles. The van der Waals surface area contributed by atoms with Crippen LogP contribution in [-0.4, -0.2) is 62.8 Å². The van der Waals surface area contributed by atoms with Gasteiger partial charge in [0.15, 0.2) is 0 Å². The summed E-state index contributed by atoms with van der Waals surface area (Å²) in [6.45, 7) is 13.0. The fraction of sp³-hybridized carbons (Fsp3) is 0.737. The summed E-state index contributed by atoms with van der Waals surface area (Å²) in [7, 11) is 0. The normalized spacial score (nSPS) is 26.4.